The number of rotatable bonds is 2. The number of thiophene rings is 4. The molecule has 0 atom stereocenters. The summed E-state index contributed by atoms with van der Waals surface area (Å²) in [4.78, 5) is 58.2. The Morgan fingerprint density at radius 2 is 0.804 bits per heavy atom. The van der Waals surface area contributed by atoms with Crippen LogP contribution >= 0.6 is 45.3 Å². The summed E-state index contributed by atoms with van der Waals surface area (Å²) in [5, 5.41) is 3.79. The first-order valence-corrected chi connectivity index (χ1v) is 19.7. The van der Waals surface area contributed by atoms with Gasteiger partial charge < -0.3 is 0 Å². The summed E-state index contributed by atoms with van der Waals surface area (Å²) in [5.41, 5.74) is 4.65. The molecule has 3 aliphatic rings. The number of hydrogen-bond donors (Lipinski definition) is 0. The van der Waals surface area contributed by atoms with Gasteiger partial charge in [0.05, 0.1) is 30.3 Å². The standard InChI is InChI=1S/C43H22O4S4/c1-43(2)33-39-31(17-23(48-39)15-29-35(44)25-11-19-7-3-4-8-20(19)12-26(25)36(29)45)50-41(33)42-34(43)40-32(51-42)18-24(49-40)16-30-37(46)27-13-21-9-5-6-10-22(21)14-28(27)38(30)47/h3-18H,1-2H3. The van der Waals surface area contributed by atoms with Crippen LogP contribution in [-0.4, -0.2) is 23.1 Å². The van der Waals surface area contributed by atoms with Crippen LogP contribution in [-0.2, 0) is 5.41 Å². The number of ketones is 4. The maximum absolute atomic E-state index is 13.5. The number of carbonyl (C=O) groups is 4. The number of carbonyl (C=O) groups excluding carboxylic acids is 4. The van der Waals surface area contributed by atoms with Gasteiger partial charge in [-0.3, -0.25) is 19.2 Å². The fraction of sp³-hybridized carbons (Fsp3) is 0.0698. The van der Waals surface area contributed by atoms with Crippen molar-refractivity contribution in [3.8, 4) is 9.75 Å². The Hall–Kier alpha value is -5.12. The van der Waals surface area contributed by atoms with Gasteiger partial charge >= 0.3 is 0 Å². The highest BCUT2D eigenvalue weighted by Crippen LogP contribution is 2.62. The third-order valence-corrected chi connectivity index (χ3v) is 15.4. The van der Waals surface area contributed by atoms with E-state index in [0.29, 0.717) is 22.3 Å². The highest BCUT2D eigenvalue weighted by atomic mass is 32.1. The summed E-state index contributed by atoms with van der Waals surface area (Å²) >= 11 is 6.81. The molecule has 0 radical (unpaired) electrons. The Labute approximate surface area is 306 Å². The van der Waals surface area contributed by atoms with E-state index in [-0.39, 0.29) is 39.7 Å². The second-order valence-corrected chi connectivity index (χ2v) is 18.1. The molecule has 8 heteroatoms. The molecular formula is C43H22O4S4. The lowest BCUT2D eigenvalue weighted by molar-refractivity contribution is 0.0975. The van der Waals surface area contributed by atoms with Crippen LogP contribution in [0.3, 0.4) is 0 Å². The van der Waals surface area contributed by atoms with Crippen LogP contribution in [0.25, 0.3) is 62.3 Å². The van der Waals surface area contributed by atoms with Gasteiger partial charge in [-0.05, 0) is 81.2 Å². The van der Waals surface area contributed by atoms with Gasteiger partial charge in [0.25, 0.3) is 0 Å². The zero-order valence-electron chi connectivity index (χ0n) is 27.0. The van der Waals surface area contributed by atoms with E-state index in [1.165, 1.54) is 30.3 Å². The van der Waals surface area contributed by atoms with Gasteiger partial charge in [-0.25, -0.2) is 0 Å². The van der Waals surface area contributed by atoms with E-state index < -0.39 is 0 Å². The van der Waals surface area contributed by atoms with E-state index in [9.17, 15) is 19.2 Å². The molecule has 4 nitrogen and oxygen atoms in total. The van der Waals surface area contributed by atoms with Gasteiger partial charge in [0.2, 0.25) is 0 Å². The lowest BCUT2D eigenvalue weighted by atomic mass is 9.84. The normalized spacial score (nSPS) is 15.9. The van der Waals surface area contributed by atoms with Crippen LogP contribution in [0.5, 0.6) is 0 Å². The fourth-order valence-electron chi connectivity index (χ4n) is 8.10. The van der Waals surface area contributed by atoms with E-state index >= 15 is 0 Å². The summed E-state index contributed by atoms with van der Waals surface area (Å²) in [7, 11) is 0. The molecule has 51 heavy (non-hydrogen) atoms. The highest BCUT2D eigenvalue weighted by molar-refractivity contribution is 7.35. The quantitative estimate of drug-likeness (QED) is 0.131. The summed E-state index contributed by atoms with van der Waals surface area (Å²) < 4.78 is 4.69. The molecule has 0 unspecified atom stereocenters. The van der Waals surface area contributed by atoms with Crippen molar-refractivity contribution in [2.24, 2.45) is 0 Å². The molecule has 242 valence electrons. The van der Waals surface area contributed by atoms with Crippen LogP contribution in [0.2, 0.25) is 0 Å². The van der Waals surface area contributed by atoms with Crippen LogP contribution in [0.4, 0.5) is 0 Å². The van der Waals surface area contributed by atoms with Crippen molar-refractivity contribution in [1.29, 1.82) is 0 Å². The molecule has 0 spiro atoms. The molecule has 4 aromatic carbocycles. The van der Waals surface area contributed by atoms with Crippen molar-refractivity contribution in [1.82, 2.24) is 0 Å². The van der Waals surface area contributed by atoms with E-state index in [0.717, 1.165) is 40.7 Å². The number of benzene rings is 4. The minimum absolute atomic E-state index is 0.214. The number of fused-ring (bicyclic) bond motifs is 11. The van der Waals surface area contributed by atoms with E-state index in [4.69, 9.17) is 0 Å². The third kappa shape index (κ3) is 3.93. The fourth-order valence-corrected chi connectivity index (χ4v) is 14.1. The molecule has 0 saturated carbocycles. The van der Waals surface area contributed by atoms with E-state index in [2.05, 4.69) is 26.0 Å². The maximum atomic E-state index is 13.5. The van der Waals surface area contributed by atoms with Crippen molar-refractivity contribution in [3.05, 3.63) is 139 Å². The van der Waals surface area contributed by atoms with Gasteiger partial charge in [-0.2, -0.15) is 0 Å². The molecule has 0 fully saturated rings. The largest absolute Gasteiger partial charge is 0.288 e. The minimum atomic E-state index is -0.281. The van der Waals surface area contributed by atoms with Crippen molar-refractivity contribution in [2.45, 2.75) is 19.3 Å². The molecule has 4 aromatic heterocycles. The molecule has 0 aliphatic heterocycles. The smallest absolute Gasteiger partial charge is 0.197 e. The molecule has 0 N–H and O–H groups in total. The summed E-state index contributed by atoms with van der Waals surface area (Å²) in [6.07, 6.45) is 3.56. The maximum Gasteiger partial charge on any atom is 0.197 e. The first-order valence-electron chi connectivity index (χ1n) is 16.5. The summed E-state index contributed by atoms with van der Waals surface area (Å²) in [6.45, 7) is 4.53. The first kappa shape index (κ1) is 29.6. The van der Waals surface area contributed by atoms with Crippen LogP contribution in [0.15, 0.2) is 96.1 Å². The van der Waals surface area contributed by atoms with Gasteiger partial charge in [-0.15, -0.1) is 45.3 Å². The molecule has 0 bridgehead atoms. The van der Waals surface area contributed by atoms with Crippen molar-refractivity contribution in [3.63, 3.8) is 0 Å². The third-order valence-electron chi connectivity index (χ3n) is 10.5. The van der Waals surface area contributed by atoms with Crippen LogP contribution < -0.4 is 0 Å². The average molecular weight is 731 g/mol. The highest BCUT2D eigenvalue weighted by Gasteiger charge is 2.43. The zero-order valence-corrected chi connectivity index (χ0v) is 30.3. The van der Waals surface area contributed by atoms with Crippen LogP contribution in [0.1, 0.15) is 76.2 Å². The van der Waals surface area contributed by atoms with Crippen molar-refractivity contribution in [2.75, 3.05) is 0 Å². The Morgan fingerprint density at radius 3 is 1.14 bits per heavy atom. The average Bonchev–Trinajstić information content (AvgIpc) is 3.96. The van der Waals surface area contributed by atoms with Gasteiger partial charge in [0, 0.05) is 46.8 Å². The predicted octanol–water partition coefficient (Wildman–Crippen LogP) is 11.8. The molecule has 11 rings (SSSR count). The Balaban J connectivity index is 0.951. The Kier molecular flexibility index (Phi) is 5.81. The van der Waals surface area contributed by atoms with Gasteiger partial charge in [0.1, 0.15) is 0 Å². The number of Topliss-reactive ketones (excluding diaryl/α,β-unsaturated/α-hetero) is 4. The minimum Gasteiger partial charge on any atom is -0.288 e. The van der Waals surface area contributed by atoms with E-state index in [1.807, 2.05) is 72.8 Å². The lowest BCUT2D eigenvalue weighted by Gasteiger charge is -2.19. The Bertz CT molecular complexity index is 2760. The lowest BCUT2D eigenvalue weighted by Crippen LogP contribution is -2.14. The SMILES string of the molecule is CC1(C)c2c(sc3cc(C=C4C(=O)c5cc6ccccc6cc5C4=O)sc23)-c2sc3cc(C=C4C(=O)c5cc6ccccc6cc5C4=O)sc3c21. The zero-order chi connectivity index (χ0) is 34.5. The van der Waals surface area contributed by atoms with Gasteiger partial charge in [0.15, 0.2) is 23.1 Å². The van der Waals surface area contributed by atoms with E-state index in [1.54, 1.807) is 57.5 Å². The molecule has 0 amide bonds. The van der Waals surface area contributed by atoms with Crippen molar-refractivity contribution >= 4 is 121 Å². The van der Waals surface area contributed by atoms with Crippen LogP contribution in [0, 0.1) is 0 Å². The predicted molar refractivity (Wildman–Crippen MR) is 212 cm³/mol. The molecule has 0 saturated heterocycles. The first-order chi connectivity index (χ1) is 24.7. The second-order valence-electron chi connectivity index (χ2n) is 13.8. The molecular weight excluding hydrogens is 709 g/mol. The molecule has 3 aliphatic carbocycles. The van der Waals surface area contributed by atoms with Gasteiger partial charge in [-0.1, -0.05) is 62.4 Å². The Morgan fingerprint density at radius 1 is 0.471 bits per heavy atom. The topological polar surface area (TPSA) is 68.3 Å². The molecule has 8 aromatic rings. The summed E-state index contributed by atoms with van der Waals surface area (Å²) in [5.74, 6) is -0.854. The van der Waals surface area contributed by atoms with Crippen molar-refractivity contribution < 1.29 is 19.2 Å². The number of allylic oxidation sites excluding steroid dienone is 2. The summed E-state index contributed by atoms with van der Waals surface area (Å²) in [6, 6.07) is 27.2. The number of hydrogen-bond acceptors (Lipinski definition) is 8. The second kappa shape index (κ2) is 10.0. The monoisotopic (exact) mass is 730 g/mol. The molecule has 4 heterocycles.